The highest BCUT2D eigenvalue weighted by atomic mass is 32.1. The summed E-state index contributed by atoms with van der Waals surface area (Å²) in [6.07, 6.45) is 2.05. The van der Waals surface area contributed by atoms with E-state index in [-0.39, 0.29) is 5.97 Å². The third kappa shape index (κ3) is 4.04. The number of hydrogen-bond acceptors (Lipinski definition) is 4. The number of carbonyl (C=O) groups is 1. The van der Waals surface area contributed by atoms with Crippen LogP contribution < -0.4 is 5.32 Å². The number of thiocarbonyl (C=S) groups is 1. The zero-order chi connectivity index (χ0) is 17.1. The maximum absolute atomic E-state index is 12.2. The van der Waals surface area contributed by atoms with Gasteiger partial charge in [-0.25, -0.2) is 4.79 Å². The summed E-state index contributed by atoms with van der Waals surface area (Å²) in [6.45, 7) is 10.5. The number of ether oxygens (including phenoxy) is 1. The van der Waals surface area contributed by atoms with Gasteiger partial charge >= 0.3 is 5.97 Å². The number of aryl methyl sites for hydroxylation is 1. The lowest BCUT2D eigenvalue weighted by atomic mass is 9.92. The van der Waals surface area contributed by atoms with E-state index in [0.29, 0.717) is 22.5 Å². The van der Waals surface area contributed by atoms with Crippen molar-refractivity contribution in [2.24, 2.45) is 11.8 Å². The molecule has 1 saturated heterocycles. The van der Waals surface area contributed by atoms with Crippen LogP contribution >= 0.6 is 23.6 Å². The van der Waals surface area contributed by atoms with Crippen LogP contribution in [0.3, 0.4) is 0 Å². The lowest BCUT2D eigenvalue weighted by Gasteiger charge is -2.36. The average molecular weight is 355 g/mol. The normalized spacial score (nSPS) is 21.2. The third-order valence-electron chi connectivity index (χ3n) is 4.33. The molecule has 1 N–H and O–H groups in total. The van der Waals surface area contributed by atoms with Crippen LogP contribution in [0.5, 0.6) is 0 Å². The van der Waals surface area contributed by atoms with Gasteiger partial charge in [0.2, 0.25) is 0 Å². The molecule has 0 bridgehead atoms. The van der Waals surface area contributed by atoms with Crippen LogP contribution in [0.25, 0.3) is 0 Å². The molecule has 2 atom stereocenters. The van der Waals surface area contributed by atoms with Crippen molar-refractivity contribution in [3.05, 3.63) is 16.0 Å². The fourth-order valence-corrected chi connectivity index (χ4v) is 4.86. The molecule has 128 valence electrons. The minimum absolute atomic E-state index is 0.295. The molecular formula is C17H26N2O2S2. The van der Waals surface area contributed by atoms with Crippen LogP contribution in [-0.2, 0) is 11.2 Å². The van der Waals surface area contributed by atoms with Gasteiger partial charge in [-0.15, -0.1) is 11.3 Å². The molecule has 0 unspecified atom stereocenters. The molecule has 0 amide bonds. The molecule has 23 heavy (non-hydrogen) atoms. The number of likely N-dealkylation sites (tertiary alicyclic amines) is 1. The summed E-state index contributed by atoms with van der Waals surface area (Å²) in [6, 6.07) is 0. The van der Waals surface area contributed by atoms with Crippen molar-refractivity contribution in [3.8, 4) is 0 Å². The average Bonchev–Trinajstić information content (AvgIpc) is 2.80. The van der Waals surface area contributed by atoms with Gasteiger partial charge in [0.25, 0.3) is 0 Å². The monoisotopic (exact) mass is 354 g/mol. The molecular weight excluding hydrogens is 328 g/mol. The van der Waals surface area contributed by atoms with Crippen molar-refractivity contribution in [1.82, 2.24) is 4.90 Å². The van der Waals surface area contributed by atoms with Gasteiger partial charge in [0.15, 0.2) is 5.11 Å². The molecule has 0 aromatic carbocycles. The minimum atomic E-state index is -0.295. The lowest BCUT2D eigenvalue weighted by molar-refractivity contribution is 0.0601. The van der Waals surface area contributed by atoms with Gasteiger partial charge in [-0.3, -0.25) is 0 Å². The van der Waals surface area contributed by atoms with Gasteiger partial charge in [0, 0.05) is 18.0 Å². The van der Waals surface area contributed by atoms with Crippen LogP contribution in [0.1, 0.15) is 48.0 Å². The molecule has 1 aromatic heterocycles. The first kappa shape index (κ1) is 18.2. The van der Waals surface area contributed by atoms with E-state index in [1.807, 2.05) is 6.92 Å². The summed E-state index contributed by atoms with van der Waals surface area (Å²) in [7, 11) is 1.42. The second-order valence-electron chi connectivity index (χ2n) is 6.47. The quantitative estimate of drug-likeness (QED) is 0.654. The standard InChI is InChI=1S/C17H26N2O2S2/c1-6-13-12(4)23-15(14(13)16(20)21-5)18-17(22)19-8-10(2)7-11(3)9-19/h10-11H,6-9H2,1-5H3,(H,18,22)/t10-,11-/m1/s1. The molecule has 0 saturated carbocycles. The predicted molar refractivity (Wildman–Crippen MR) is 101 cm³/mol. The number of nitrogens with zero attached hydrogens (tertiary/aromatic N) is 1. The Morgan fingerprint density at radius 1 is 1.39 bits per heavy atom. The van der Waals surface area contributed by atoms with E-state index in [2.05, 4.69) is 31.0 Å². The Morgan fingerprint density at radius 2 is 2.00 bits per heavy atom. The Bertz CT molecular complexity index is 588. The molecule has 1 aliphatic heterocycles. The maximum Gasteiger partial charge on any atom is 0.341 e. The summed E-state index contributed by atoms with van der Waals surface area (Å²) in [5.74, 6) is 0.974. The Labute approximate surface area is 148 Å². The number of anilines is 1. The molecule has 4 nitrogen and oxygen atoms in total. The van der Waals surface area contributed by atoms with Crippen molar-refractivity contribution < 1.29 is 9.53 Å². The smallest absolute Gasteiger partial charge is 0.341 e. The Balaban J connectivity index is 2.22. The molecule has 6 heteroatoms. The van der Waals surface area contributed by atoms with Gasteiger partial charge in [-0.05, 0) is 49.4 Å². The molecule has 0 radical (unpaired) electrons. The number of thiophene rings is 1. The van der Waals surface area contributed by atoms with Gasteiger partial charge < -0.3 is 15.0 Å². The van der Waals surface area contributed by atoms with E-state index in [0.717, 1.165) is 35.0 Å². The van der Waals surface area contributed by atoms with Crippen LogP contribution in [0.15, 0.2) is 0 Å². The van der Waals surface area contributed by atoms with Gasteiger partial charge in [-0.2, -0.15) is 0 Å². The highest BCUT2D eigenvalue weighted by Crippen LogP contribution is 2.34. The Hall–Kier alpha value is -1.14. The number of carbonyl (C=O) groups excluding carboxylic acids is 1. The highest BCUT2D eigenvalue weighted by molar-refractivity contribution is 7.80. The van der Waals surface area contributed by atoms with E-state index in [1.165, 1.54) is 13.5 Å². The van der Waals surface area contributed by atoms with Crippen LogP contribution in [0.2, 0.25) is 0 Å². The van der Waals surface area contributed by atoms with Crippen molar-refractivity contribution in [1.29, 1.82) is 0 Å². The number of esters is 1. The second kappa shape index (κ2) is 7.62. The largest absolute Gasteiger partial charge is 0.465 e. The van der Waals surface area contributed by atoms with Crippen molar-refractivity contribution in [2.75, 3.05) is 25.5 Å². The number of piperidine rings is 1. The zero-order valence-corrected chi connectivity index (χ0v) is 16.2. The summed E-state index contributed by atoms with van der Waals surface area (Å²) >= 11 is 7.18. The second-order valence-corrected chi connectivity index (χ2v) is 8.08. The van der Waals surface area contributed by atoms with Crippen molar-refractivity contribution in [3.63, 3.8) is 0 Å². The SMILES string of the molecule is CCc1c(C)sc(NC(=S)N2C[C@H](C)C[C@@H](C)C2)c1C(=O)OC. The van der Waals surface area contributed by atoms with E-state index in [1.54, 1.807) is 11.3 Å². The fraction of sp³-hybridized carbons (Fsp3) is 0.647. The van der Waals surface area contributed by atoms with Gasteiger partial charge in [-0.1, -0.05) is 20.8 Å². The molecule has 1 fully saturated rings. The van der Waals surface area contributed by atoms with Crippen LogP contribution in [-0.4, -0.2) is 36.2 Å². The first-order chi connectivity index (χ1) is 10.9. The zero-order valence-electron chi connectivity index (χ0n) is 14.6. The first-order valence-corrected chi connectivity index (χ1v) is 9.36. The van der Waals surface area contributed by atoms with Crippen molar-refractivity contribution in [2.45, 2.75) is 40.5 Å². The summed E-state index contributed by atoms with van der Waals surface area (Å²) in [4.78, 5) is 15.5. The van der Waals surface area contributed by atoms with Crippen LogP contribution in [0, 0.1) is 18.8 Å². The van der Waals surface area contributed by atoms with E-state index < -0.39 is 0 Å². The number of hydrogen-bond donors (Lipinski definition) is 1. The first-order valence-electron chi connectivity index (χ1n) is 8.13. The van der Waals surface area contributed by atoms with Crippen LogP contribution in [0.4, 0.5) is 5.00 Å². The van der Waals surface area contributed by atoms with E-state index >= 15 is 0 Å². The Morgan fingerprint density at radius 3 is 2.52 bits per heavy atom. The van der Waals surface area contributed by atoms with Gasteiger partial charge in [0.05, 0.1) is 12.7 Å². The highest BCUT2D eigenvalue weighted by Gasteiger charge is 2.26. The molecule has 0 spiro atoms. The number of rotatable bonds is 3. The van der Waals surface area contributed by atoms with E-state index in [4.69, 9.17) is 17.0 Å². The molecule has 1 aromatic rings. The minimum Gasteiger partial charge on any atom is -0.465 e. The molecule has 1 aliphatic rings. The van der Waals surface area contributed by atoms with Crippen molar-refractivity contribution >= 4 is 39.6 Å². The fourth-order valence-electron chi connectivity index (χ4n) is 3.42. The maximum atomic E-state index is 12.2. The van der Waals surface area contributed by atoms with E-state index in [9.17, 15) is 4.79 Å². The number of methoxy groups -OCH3 is 1. The summed E-state index contributed by atoms with van der Waals surface area (Å²) < 4.78 is 4.96. The Kier molecular flexibility index (Phi) is 6.03. The molecule has 2 rings (SSSR count). The predicted octanol–water partition coefficient (Wildman–Crippen LogP) is 4.08. The molecule has 0 aliphatic carbocycles. The lowest BCUT2D eigenvalue weighted by Crippen LogP contribution is -2.44. The topological polar surface area (TPSA) is 41.6 Å². The number of nitrogens with one attached hydrogen (secondary N) is 1. The summed E-state index contributed by atoms with van der Waals surface area (Å²) in [5, 5.41) is 4.82. The summed E-state index contributed by atoms with van der Waals surface area (Å²) in [5.41, 5.74) is 1.69. The third-order valence-corrected chi connectivity index (χ3v) is 5.75. The van der Waals surface area contributed by atoms with Gasteiger partial charge in [0.1, 0.15) is 5.00 Å². The molecule has 2 heterocycles.